The molecule has 0 aliphatic rings. The third-order valence-electron chi connectivity index (χ3n) is 17.1. The summed E-state index contributed by atoms with van der Waals surface area (Å²) in [6.07, 6.45) is 6.06. The van der Waals surface area contributed by atoms with E-state index in [2.05, 4.69) is 73.9 Å². The van der Waals surface area contributed by atoms with Gasteiger partial charge in [-0.3, -0.25) is 29.1 Å². The standard InChI is InChI=1S/C27H30N6O5.C27H27N5O4.C24H29N5O4/c1-15-8-9-16(25(34)31-23-13-22(38-32-23)27(2,3)4)10-18(15)30-26(35)33(5)24-17-11-20(36-6)21(37-7)12-19(17)28-14-29-24;1-17-10-11-19(26(33)28-15-18-8-6-5-7-9-18)12-21(17)31-27(34)32(2)25-20-13-23(35-3)24(36-4)14-22(20)29-16-30-25;1-6-7-10-25-23(30)16-9-8-15(2)18(11-16)28-24(31)29(3)22-17-12-20(32-4)21(33-5)13-19(17)26-14-27-22/h8-14H,1-7H3,(H,30,35)(H,31,32,34);5-14,16H,15H2,1-4H3,(H,28,33)(H,31,34);8-9,11-14H,6-7,10H2,1-5H3,(H,25,30)(H,28,31). The Balaban J connectivity index is 0.000000186. The van der Waals surface area contributed by atoms with Crippen LogP contribution in [0, 0.1) is 20.8 Å². The van der Waals surface area contributed by atoms with Crippen molar-refractivity contribution in [2.24, 2.45) is 0 Å². The molecular formula is C78H86N16O13. The second kappa shape index (κ2) is 35.3. The summed E-state index contributed by atoms with van der Waals surface area (Å²) in [5.41, 5.74) is 7.81. The first-order valence-electron chi connectivity index (χ1n) is 33.8. The molecule has 0 fully saturated rings. The molecule has 0 aliphatic carbocycles. The van der Waals surface area contributed by atoms with Crippen molar-refractivity contribution < 1.29 is 61.7 Å². The van der Waals surface area contributed by atoms with Crippen LogP contribution in [0.2, 0.25) is 0 Å². The molecule has 11 rings (SSSR count). The lowest BCUT2D eigenvalue weighted by Crippen LogP contribution is -2.32. The number of aryl methyl sites for hydroxylation is 3. The number of methoxy groups -OCH3 is 6. The largest absolute Gasteiger partial charge is 0.493 e. The smallest absolute Gasteiger partial charge is 0.327 e. The highest BCUT2D eigenvalue weighted by Crippen LogP contribution is 2.38. The van der Waals surface area contributed by atoms with Crippen LogP contribution in [0.3, 0.4) is 0 Å². The van der Waals surface area contributed by atoms with Crippen molar-refractivity contribution in [3.63, 3.8) is 0 Å². The molecule has 9 amide bonds. The zero-order valence-corrected chi connectivity index (χ0v) is 62.5. The lowest BCUT2D eigenvalue weighted by molar-refractivity contribution is 0.0944. The second-order valence-corrected chi connectivity index (χ2v) is 25.4. The van der Waals surface area contributed by atoms with Crippen LogP contribution in [-0.2, 0) is 12.0 Å². The molecule has 4 heterocycles. The lowest BCUT2D eigenvalue weighted by Gasteiger charge is -2.20. The average molecular weight is 1460 g/mol. The van der Waals surface area contributed by atoms with Gasteiger partial charge < -0.3 is 64.8 Å². The van der Waals surface area contributed by atoms with E-state index in [1.54, 1.807) is 126 Å². The summed E-state index contributed by atoms with van der Waals surface area (Å²) in [5.74, 6) is 4.43. The Labute approximate surface area is 618 Å². The fourth-order valence-corrected chi connectivity index (χ4v) is 10.7. The predicted octanol–water partition coefficient (Wildman–Crippen LogP) is 13.9. The Kier molecular flexibility index (Phi) is 25.7. The number of ether oxygens (including phenoxy) is 6. The molecule has 11 aromatic rings. The maximum Gasteiger partial charge on any atom is 0.327 e. The molecule has 0 radical (unpaired) electrons. The minimum Gasteiger partial charge on any atom is -0.493 e. The molecule has 7 aromatic carbocycles. The minimum atomic E-state index is -0.452. The SMILES string of the molecule is CCCCNC(=O)c1ccc(C)c(NC(=O)N(C)c2ncnc3cc(OC)c(OC)cc23)c1.COc1cc2ncnc(N(C)C(=O)Nc3cc(C(=O)NCc4ccccc4)ccc3C)c2cc1OC.COc1cc2ncnc(N(C)C(=O)Nc3cc(C(=O)Nc4cc(C(C)(C)C)on4)ccc3C)c2cc1OC. The first-order chi connectivity index (χ1) is 51.3. The molecular weight excluding hydrogens is 1370 g/mol. The van der Waals surface area contributed by atoms with E-state index in [0.29, 0.717) is 143 Å². The fourth-order valence-electron chi connectivity index (χ4n) is 10.7. The first kappa shape index (κ1) is 77.9. The highest BCUT2D eigenvalue weighted by Gasteiger charge is 2.25. The van der Waals surface area contributed by atoms with Crippen molar-refractivity contribution in [3.05, 3.63) is 191 Å². The van der Waals surface area contributed by atoms with E-state index in [9.17, 15) is 28.8 Å². The van der Waals surface area contributed by atoms with Crippen molar-refractivity contribution in [2.45, 2.75) is 73.3 Å². The van der Waals surface area contributed by atoms with Crippen LogP contribution in [0.5, 0.6) is 34.5 Å². The third-order valence-corrected chi connectivity index (χ3v) is 17.1. The number of nitrogens with zero attached hydrogens (tertiary/aromatic N) is 10. The zero-order chi connectivity index (χ0) is 77.2. The number of urea groups is 3. The van der Waals surface area contributed by atoms with Gasteiger partial charge in [0.2, 0.25) is 0 Å². The van der Waals surface area contributed by atoms with Crippen LogP contribution in [0.4, 0.5) is 54.7 Å². The van der Waals surface area contributed by atoms with Crippen molar-refractivity contribution in [3.8, 4) is 34.5 Å². The van der Waals surface area contributed by atoms with E-state index in [1.807, 2.05) is 77.9 Å². The minimum absolute atomic E-state index is 0.171. The van der Waals surface area contributed by atoms with Gasteiger partial charge in [0.05, 0.1) is 59.2 Å². The molecule has 29 nitrogen and oxygen atoms in total. The van der Waals surface area contributed by atoms with Crippen LogP contribution >= 0.6 is 0 Å². The van der Waals surface area contributed by atoms with Gasteiger partial charge in [-0.2, -0.15) is 0 Å². The summed E-state index contributed by atoms with van der Waals surface area (Å²) in [6.45, 7) is 14.6. The summed E-state index contributed by atoms with van der Waals surface area (Å²) < 4.78 is 37.5. The summed E-state index contributed by atoms with van der Waals surface area (Å²) in [4.78, 5) is 107. The Morgan fingerprint density at radius 1 is 0.430 bits per heavy atom. The molecule has 0 atom stereocenters. The average Bonchev–Trinajstić information content (AvgIpc) is 1.06. The Morgan fingerprint density at radius 2 is 0.785 bits per heavy atom. The van der Waals surface area contributed by atoms with E-state index in [1.165, 1.54) is 62.1 Å². The Hall–Kier alpha value is -13.2. The Morgan fingerprint density at radius 3 is 1.13 bits per heavy atom. The van der Waals surface area contributed by atoms with Crippen molar-refractivity contribution in [1.29, 1.82) is 0 Å². The number of carbonyl (C=O) groups excluding carboxylic acids is 6. The van der Waals surface area contributed by atoms with Gasteiger partial charge in [-0.25, -0.2) is 44.3 Å². The van der Waals surface area contributed by atoms with Crippen molar-refractivity contribution in [2.75, 3.05) is 106 Å². The van der Waals surface area contributed by atoms with Gasteiger partial charge in [0.1, 0.15) is 42.2 Å². The molecule has 6 N–H and O–H groups in total. The Bertz CT molecular complexity index is 5070. The summed E-state index contributed by atoms with van der Waals surface area (Å²) in [6, 6.07) is 35.9. The van der Waals surface area contributed by atoms with E-state index in [-0.39, 0.29) is 23.1 Å². The molecule has 0 aliphatic heterocycles. The number of amides is 9. The summed E-state index contributed by atoms with van der Waals surface area (Å²) in [7, 11) is 14.1. The molecule has 0 unspecified atom stereocenters. The van der Waals surface area contributed by atoms with Gasteiger partial charge in [-0.1, -0.05) is 87.8 Å². The molecule has 107 heavy (non-hydrogen) atoms. The van der Waals surface area contributed by atoms with Crippen LogP contribution in [0.1, 0.15) is 99.6 Å². The van der Waals surface area contributed by atoms with Crippen molar-refractivity contribution >= 4 is 109 Å². The number of anilines is 7. The highest BCUT2D eigenvalue weighted by molar-refractivity contribution is 6.10. The fraction of sp³-hybridized carbons (Fsp3) is 0.269. The number of fused-ring (bicyclic) bond motifs is 3. The molecule has 0 saturated carbocycles. The van der Waals surface area contributed by atoms with Gasteiger partial charge >= 0.3 is 18.1 Å². The summed E-state index contributed by atoms with van der Waals surface area (Å²) in [5, 5.41) is 22.9. The third kappa shape index (κ3) is 19.0. The highest BCUT2D eigenvalue weighted by atomic mass is 16.5. The molecule has 0 bridgehead atoms. The number of hydrogen-bond donors (Lipinski definition) is 6. The van der Waals surface area contributed by atoms with Crippen LogP contribution in [0.15, 0.2) is 151 Å². The number of nitrogens with one attached hydrogen (secondary N) is 6. The molecule has 0 spiro atoms. The van der Waals surface area contributed by atoms with Crippen LogP contribution in [-0.4, -0.2) is 141 Å². The van der Waals surface area contributed by atoms with E-state index < -0.39 is 18.1 Å². The summed E-state index contributed by atoms with van der Waals surface area (Å²) >= 11 is 0. The molecule has 4 aromatic heterocycles. The molecule has 556 valence electrons. The first-order valence-corrected chi connectivity index (χ1v) is 33.8. The number of carbonyl (C=O) groups is 6. The van der Waals surface area contributed by atoms with Gasteiger partial charge in [0, 0.05) is 114 Å². The lowest BCUT2D eigenvalue weighted by atomic mass is 9.93. The number of rotatable bonds is 21. The van der Waals surface area contributed by atoms with E-state index in [0.717, 1.165) is 35.1 Å². The maximum atomic E-state index is 13.2. The van der Waals surface area contributed by atoms with E-state index >= 15 is 0 Å². The quantitative estimate of drug-likeness (QED) is 0.0364. The van der Waals surface area contributed by atoms with Crippen LogP contribution < -0.4 is 75.0 Å². The number of unbranched alkanes of at least 4 members (excludes halogenated alkanes) is 1. The number of benzene rings is 7. The van der Waals surface area contributed by atoms with Gasteiger partial charge in [-0.15, -0.1) is 0 Å². The van der Waals surface area contributed by atoms with Gasteiger partial charge in [0.15, 0.2) is 40.3 Å². The molecule has 0 saturated heterocycles. The van der Waals surface area contributed by atoms with Gasteiger partial charge in [-0.05, 0) is 104 Å². The predicted molar refractivity (Wildman–Crippen MR) is 412 cm³/mol. The second-order valence-electron chi connectivity index (χ2n) is 25.4. The van der Waals surface area contributed by atoms with Crippen molar-refractivity contribution in [1.82, 2.24) is 45.7 Å². The number of aromatic nitrogens is 7. The van der Waals surface area contributed by atoms with Crippen LogP contribution in [0.25, 0.3) is 32.7 Å². The number of hydrogen-bond acceptors (Lipinski definition) is 20. The maximum absolute atomic E-state index is 13.2. The van der Waals surface area contributed by atoms with E-state index in [4.69, 9.17) is 32.9 Å². The normalized spacial score (nSPS) is 10.8. The topological polar surface area (TPSA) is 343 Å². The van der Waals surface area contributed by atoms with Gasteiger partial charge in [0.25, 0.3) is 17.7 Å². The molecule has 29 heteroatoms. The zero-order valence-electron chi connectivity index (χ0n) is 62.5. The monoisotopic (exact) mass is 1450 g/mol.